The van der Waals surface area contributed by atoms with Crippen molar-refractivity contribution in [1.82, 2.24) is 15.5 Å². The third-order valence-electron chi connectivity index (χ3n) is 6.75. The molecule has 33 heavy (non-hydrogen) atoms. The molecule has 5 rings (SSSR count). The minimum absolute atomic E-state index is 0.240. The lowest BCUT2D eigenvalue weighted by molar-refractivity contribution is -0.137. The summed E-state index contributed by atoms with van der Waals surface area (Å²) in [7, 11) is 0. The van der Waals surface area contributed by atoms with Gasteiger partial charge in [0.25, 0.3) is 0 Å². The quantitative estimate of drug-likeness (QED) is 0.337. The summed E-state index contributed by atoms with van der Waals surface area (Å²) in [5.41, 5.74) is 3.07. The van der Waals surface area contributed by atoms with Gasteiger partial charge >= 0.3 is 6.18 Å². The van der Waals surface area contributed by atoms with E-state index in [9.17, 15) is 13.2 Å². The predicted octanol–water partition coefficient (Wildman–Crippen LogP) is 7.24. The van der Waals surface area contributed by atoms with Crippen molar-refractivity contribution in [1.29, 1.82) is 0 Å². The minimum atomic E-state index is -4.33. The topological polar surface area (TPSA) is 40.7 Å². The number of nitrogens with zero attached hydrogens (tertiary/aromatic N) is 1. The molecule has 1 saturated carbocycles. The van der Waals surface area contributed by atoms with Gasteiger partial charge < -0.3 is 5.32 Å². The summed E-state index contributed by atoms with van der Waals surface area (Å²) in [4.78, 5) is 0. The van der Waals surface area contributed by atoms with E-state index < -0.39 is 11.7 Å². The Balaban J connectivity index is 1.25. The number of nitrogens with one attached hydrogen (secondary N) is 2. The first kappa shape index (κ1) is 21.7. The summed E-state index contributed by atoms with van der Waals surface area (Å²) >= 11 is 0. The van der Waals surface area contributed by atoms with Gasteiger partial charge in [-0.1, -0.05) is 54.6 Å². The highest BCUT2D eigenvalue weighted by molar-refractivity contribution is 5.86. The number of aromatic nitrogens is 2. The first-order valence-electron chi connectivity index (χ1n) is 11.3. The molecule has 1 heterocycles. The molecule has 3 aromatic carbocycles. The highest BCUT2D eigenvalue weighted by Crippen LogP contribution is 2.37. The molecule has 0 amide bonds. The number of hydrogen-bond acceptors (Lipinski definition) is 2. The predicted molar refractivity (Wildman–Crippen MR) is 125 cm³/mol. The van der Waals surface area contributed by atoms with Crippen LogP contribution in [0.4, 0.5) is 13.2 Å². The van der Waals surface area contributed by atoms with Gasteiger partial charge in [0.1, 0.15) is 0 Å². The Morgan fingerprint density at radius 1 is 0.970 bits per heavy atom. The molecule has 0 aliphatic heterocycles. The van der Waals surface area contributed by atoms with Gasteiger partial charge in [0.05, 0.1) is 11.3 Å². The number of rotatable bonds is 5. The third kappa shape index (κ3) is 4.53. The summed E-state index contributed by atoms with van der Waals surface area (Å²) < 4.78 is 38.4. The van der Waals surface area contributed by atoms with E-state index in [-0.39, 0.29) is 6.04 Å². The molecule has 1 aromatic heterocycles. The van der Waals surface area contributed by atoms with Gasteiger partial charge in [0.2, 0.25) is 0 Å². The van der Waals surface area contributed by atoms with Crippen LogP contribution in [0.1, 0.15) is 55.0 Å². The number of benzene rings is 3. The SMILES string of the molecule is C[C@@H](NC1CCC(c2cc(-c3ccc(C(F)(F)F)cc3)n[nH]2)C1)c1cccc2ccccc12. The fourth-order valence-corrected chi connectivity index (χ4v) is 5.01. The highest BCUT2D eigenvalue weighted by atomic mass is 19.4. The monoisotopic (exact) mass is 449 g/mol. The Hall–Kier alpha value is -3.12. The molecule has 1 fully saturated rings. The standard InChI is InChI=1S/C27H26F3N3/c1-17(23-8-4-6-18-5-2-3-7-24(18)23)31-22-14-11-20(15-22)26-16-25(32-33-26)19-9-12-21(13-10-19)27(28,29)30/h2-10,12-13,16-17,20,22,31H,11,14-15H2,1H3,(H,32,33)/t17-,20?,22?/m1/s1. The number of aromatic amines is 1. The van der Waals surface area contributed by atoms with Crippen LogP contribution >= 0.6 is 0 Å². The van der Waals surface area contributed by atoms with Crippen molar-refractivity contribution in [2.45, 2.75) is 50.4 Å². The van der Waals surface area contributed by atoms with E-state index in [0.717, 1.165) is 37.1 Å². The van der Waals surface area contributed by atoms with Crippen LogP contribution in [-0.4, -0.2) is 16.2 Å². The molecule has 2 N–H and O–H groups in total. The van der Waals surface area contributed by atoms with E-state index in [2.05, 4.69) is 64.9 Å². The molecule has 2 unspecified atom stereocenters. The smallest absolute Gasteiger partial charge is 0.307 e. The zero-order valence-corrected chi connectivity index (χ0v) is 18.4. The Morgan fingerprint density at radius 3 is 2.52 bits per heavy atom. The molecule has 0 spiro atoms. The molecule has 0 bridgehead atoms. The van der Waals surface area contributed by atoms with E-state index in [1.165, 1.54) is 28.5 Å². The molecule has 3 atom stereocenters. The van der Waals surface area contributed by atoms with E-state index in [1.54, 1.807) is 0 Å². The zero-order chi connectivity index (χ0) is 23.0. The maximum absolute atomic E-state index is 12.8. The number of alkyl halides is 3. The van der Waals surface area contributed by atoms with Crippen LogP contribution in [-0.2, 0) is 6.18 Å². The van der Waals surface area contributed by atoms with Gasteiger partial charge in [-0.15, -0.1) is 0 Å². The van der Waals surface area contributed by atoms with E-state index in [0.29, 0.717) is 23.2 Å². The lowest BCUT2D eigenvalue weighted by Crippen LogP contribution is -2.29. The van der Waals surface area contributed by atoms with Crippen molar-refractivity contribution in [3.8, 4) is 11.3 Å². The molecule has 0 radical (unpaired) electrons. The average molecular weight is 450 g/mol. The highest BCUT2D eigenvalue weighted by Gasteiger charge is 2.31. The van der Waals surface area contributed by atoms with Crippen molar-refractivity contribution in [3.63, 3.8) is 0 Å². The van der Waals surface area contributed by atoms with Crippen molar-refractivity contribution >= 4 is 10.8 Å². The van der Waals surface area contributed by atoms with Gasteiger partial charge in [0.15, 0.2) is 0 Å². The average Bonchev–Trinajstić information content (AvgIpc) is 3.48. The molecule has 6 heteroatoms. The molecule has 170 valence electrons. The summed E-state index contributed by atoms with van der Waals surface area (Å²) in [5.74, 6) is 0.359. The van der Waals surface area contributed by atoms with Gasteiger partial charge in [-0.3, -0.25) is 5.10 Å². The summed E-state index contributed by atoms with van der Waals surface area (Å²) in [6, 6.07) is 22.7. The van der Waals surface area contributed by atoms with Crippen LogP contribution in [0.15, 0.2) is 72.8 Å². The van der Waals surface area contributed by atoms with E-state index >= 15 is 0 Å². The molecular formula is C27H26F3N3. The van der Waals surface area contributed by atoms with Crippen molar-refractivity contribution in [2.75, 3.05) is 0 Å². The van der Waals surface area contributed by atoms with Gasteiger partial charge in [-0.25, -0.2) is 0 Å². The van der Waals surface area contributed by atoms with Gasteiger partial charge in [0, 0.05) is 29.3 Å². The number of hydrogen-bond donors (Lipinski definition) is 2. The molecule has 0 saturated heterocycles. The largest absolute Gasteiger partial charge is 0.416 e. The Kier molecular flexibility index (Phi) is 5.71. The second kappa shape index (κ2) is 8.67. The first-order chi connectivity index (χ1) is 15.9. The molecule has 1 aliphatic rings. The minimum Gasteiger partial charge on any atom is -0.307 e. The first-order valence-corrected chi connectivity index (χ1v) is 11.3. The van der Waals surface area contributed by atoms with E-state index in [1.807, 2.05) is 6.07 Å². The van der Waals surface area contributed by atoms with Crippen molar-refractivity contribution in [2.24, 2.45) is 0 Å². The van der Waals surface area contributed by atoms with Crippen LogP contribution in [0.2, 0.25) is 0 Å². The fourth-order valence-electron chi connectivity index (χ4n) is 5.01. The van der Waals surface area contributed by atoms with Crippen LogP contribution in [0.5, 0.6) is 0 Å². The second-order valence-electron chi connectivity index (χ2n) is 8.95. The van der Waals surface area contributed by atoms with E-state index in [4.69, 9.17) is 0 Å². The van der Waals surface area contributed by atoms with Crippen LogP contribution < -0.4 is 5.32 Å². The molecular weight excluding hydrogens is 423 g/mol. The lowest BCUT2D eigenvalue weighted by Gasteiger charge is -2.21. The lowest BCUT2D eigenvalue weighted by atomic mass is 9.98. The van der Waals surface area contributed by atoms with Crippen LogP contribution in [0, 0.1) is 0 Å². The Bertz CT molecular complexity index is 1240. The normalized spacial score (nSPS) is 19.8. The van der Waals surface area contributed by atoms with Crippen molar-refractivity contribution in [3.05, 3.63) is 89.6 Å². The van der Waals surface area contributed by atoms with Crippen LogP contribution in [0.3, 0.4) is 0 Å². The molecule has 3 nitrogen and oxygen atoms in total. The Labute approximate surface area is 191 Å². The molecule has 4 aromatic rings. The summed E-state index contributed by atoms with van der Waals surface area (Å²) in [5, 5.41) is 13.8. The third-order valence-corrected chi connectivity index (χ3v) is 6.75. The molecule has 1 aliphatic carbocycles. The second-order valence-corrected chi connectivity index (χ2v) is 8.95. The van der Waals surface area contributed by atoms with Gasteiger partial charge in [-0.2, -0.15) is 18.3 Å². The number of H-pyrrole nitrogens is 1. The van der Waals surface area contributed by atoms with Crippen molar-refractivity contribution < 1.29 is 13.2 Å². The zero-order valence-electron chi connectivity index (χ0n) is 18.4. The van der Waals surface area contributed by atoms with Gasteiger partial charge in [-0.05, 0) is 60.7 Å². The maximum atomic E-state index is 12.8. The van der Waals surface area contributed by atoms with Crippen LogP contribution in [0.25, 0.3) is 22.0 Å². The number of halogens is 3. The fraction of sp³-hybridized carbons (Fsp3) is 0.296. The maximum Gasteiger partial charge on any atom is 0.416 e. The summed E-state index contributed by atoms with van der Waals surface area (Å²) in [6.45, 7) is 2.22. The Morgan fingerprint density at radius 2 is 1.73 bits per heavy atom. The summed E-state index contributed by atoms with van der Waals surface area (Å²) in [6.07, 6.45) is -1.20. The number of fused-ring (bicyclic) bond motifs is 1.